The predicted molar refractivity (Wildman–Crippen MR) is 111 cm³/mol. The highest BCUT2D eigenvalue weighted by Crippen LogP contribution is 2.40. The Hall–Kier alpha value is -3.20. The molecular formula is C17H19N6O7S2-. The highest BCUT2D eigenvalue weighted by atomic mass is 32.2. The van der Waals surface area contributed by atoms with Crippen LogP contribution in [0.1, 0.15) is 33.0 Å². The molecule has 0 saturated carbocycles. The molecule has 1 aromatic rings. The topological polar surface area (TPSA) is 200 Å². The Labute approximate surface area is 189 Å². The number of carboxylic acid groups (broad SMARTS) is 2. The molecule has 2 atom stereocenters. The standard InChI is InChI=1S/C17H20N6O7S2/c1-4-6-5-31-13-8(12(25)23(13)9(6)14(26)27)19-11(24)7(10-20-16(18)32-22-10)21-30-17(2,3)15(28)29/h8,13H,4-5H2,1-3H3,(H,19,24)(H,26,27)(H,28,29)(H2,18,20,22)/p-1/b21-7+. The molecule has 4 N–H and O–H groups in total. The van der Waals surface area contributed by atoms with E-state index in [9.17, 15) is 29.4 Å². The van der Waals surface area contributed by atoms with Crippen LogP contribution in [0.2, 0.25) is 0 Å². The summed E-state index contributed by atoms with van der Waals surface area (Å²) in [4.78, 5) is 58.3. The zero-order valence-electron chi connectivity index (χ0n) is 17.1. The Balaban J connectivity index is 1.83. The molecule has 0 spiro atoms. The Bertz CT molecular complexity index is 1050. The van der Waals surface area contributed by atoms with Gasteiger partial charge in [-0.3, -0.25) is 14.5 Å². The van der Waals surface area contributed by atoms with Crippen LogP contribution < -0.4 is 16.2 Å². The van der Waals surface area contributed by atoms with E-state index >= 15 is 0 Å². The molecule has 1 aromatic heterocycles. The van der Waals surface area contributed by atoms with Crippen LogP contribution in [-0.2, 0) is 24.0 Å². The number of carbonyl (C=O) groups is 4. The van der Waals surface area contributed by atoms with E-state index in [1.165, 1.54) is 25.6 Å². The zero-order valence-corrected chi connectivity index (χ0v) is 18.8. The van der Waals surface area contributed by atoms with Crippen molar-refractivity contribution in [2.75, 3.05) is 11.5 Å². The summed E-state index contributed by atoms with van der Waals surface area (Å²) in [5, 5.41) is 26.2. The number of thioether (sulfide) groups is 1. The van der Waals surface area contributed by atoms with E-state index in [1.54, 1.807) is 6.92 Å². The zero-order chi connectivity index (χ0) is 23.8. The third kappa shape index (κ3) is 4.25. The molecule has 2 aliphatic heterocycles. The van der Waals surface area contributed by atoms with Crippen molar-refractivity contribution in [3.8, 4) is 0 Å². The molecule has 0 aromatic carbocycles. The third-order valence-corrected chi connectivity index (χ3v) is 6.58. The summed E-state index contributed by atoms with van der Waals surface area (Å²) in [6.07, 6.45) is 0.439. The summed E-state index contributed by atoms with van der Waals surface area (Å²) in [6.45, 7) is 4.22. The van der Waals surface area contributed by atoms with E-state index in [2.05, 4.69) is 19.8 Å². The maximum absolute atomic E-state index is 12.9. The largest absolute Gasteiger partial charge is 0.543 e. The first-order valence-corrected chi connectivity index (χ1v) is 11.1. The Morgan fingerprint density at radius 1 is 1.44 bits per heavy atom. The lowest BCUT2D eigenvalue weighted by atomic mass is 10.0. The molecule has 2 aliphatic rings. The van der Waals surface area contributed by atoms with Crippen molar-refractivity contribution in [3.63, 3.8) is 0 Å². The fraction of sp³-hybridized carbons (Fsp3) is 0.471. The maximum atomic E-state index is 12.9. The maximum Gasteiger partial charge on any atom is 0.350 e. The number of aromatic nitrogens is 2. The van der Waals surface area contributed by atoms with Crippen molar-refractivity contribution in [2.24, 2.45) is 5.16 Å². The van der Waals surface area contributed by atoms with Gasteiger partial charge < -0.3 is 30.9 Å². The minimum atomic E-state index is -1.76. The average molecular weight is 484 g/mol. The summed E-state index contributed by atoms with van der Waals surface area (Å²) in [5.41, 5.74) is 3.70. The van der Waals surface area contributed by atoms with Gasteiger partial charge in [-0.2, -0.15) is 9.36 Å². The molecule has 1 saturated heterocycles. The molecule has 32 heavy (non-hydrogen) atoms. The van der Waals surface area contributed by atoms with Crippen LogP contribution in [0.3, 0.4) is 0 Å². The van der Waals surface area contributed by atoms with Gasteiger partial charge in [-0.05, 0) is 25.8 Å². The van der Waals surface area contributed by atoms with Gasteiger partial charge in [-0.25, -0.2) is 4.79 Å². The van der Waals surface area contributed by atoms with E-state index in [0.717, 1.165) is 16.4 Å². The number of carbonyl (C=O) groups excluding carboxylic acids is 3. The monoisotopic (exact) mass is 483 g/mol. The summed E-state index contributed by atoms with van der Waals surface area (Å²) in [7, 11) is 0. The van der Waals surface area contributed by atoms with Crippen molar-refractivity contribution in [2.45, 2.75) is 44.2 Å². The molecule has 13 nitrogen and oxygen atoms in total. The van der Waals surface area contributed by atoms with Crippen LogP contribution >= 0.6 is 23.3 Å². The predicted octanol–water partition coefficient (Wildman–Crippen LogP) is -1.48. The molecule has 0 bridgehead atoms. The Morgan fingerprint density at radius 3 is 2.66 bits per heavy atom. The first-order valence-electron chi connectivity index (χ1n) is 9.26. The second-order valence-electron chi connectivity index (χ2n) is 7.26. The van der Waals surface area contributed by atoms with Gasteiger partial charge in [0, 0.05) is 17.3 Å². The van der Waals surface area contributed by atoms with Crippen LogP contribution in [0.4, 0.5) is 5.13 Å². The van der Waals surface area contributed by atoms with Crippen molar-refractivity contribution >= 4 is 57.9 Å². The number of fused-ring (bicyclic) bond motifs is 1. The third-order valence-electron chi connectivity index (χ3n) is 4.70. The van der Waals surface area contributed by atoms with Crippen molar-refractivity contribution in [1.29, 1.82) is 0 Å². The van der Waals surface area contributed by atoms with Crippen LogP contribution in [0.5, 0.6) is 0 Å². The average Bonchev–Trinajstić information content (AvgIpc) is 3.16. The number of hydrogen-bond donors (Lipinski definition) is 3. The van der Waals surface area contributed by atoms with Crippen LogP contribution in [-0.4, -0.2) is 71.6 Å². The van der Waals surface area contributed by atoms with Crippen LogP contribution in [0.15, 0.2) is 16.4 Å². The fourth-order valence-electron chi connectivity index (χ4n) is 2.87. The number of anilines is 1. The van der Waals surface area contributed by atoms with Crippen molar-refractivity contribution in [1.82, 2.24) is 19.6 Å². The normalized spacial score (nSPS) is 21.0. The Kier molecular flexibility index (Phi) is 6.41. The van der Waals surface area contributed by atoms with Gasteiger partial charge in [-0.15, -0.1) is 11.8 Å². The van der Waals surface area contributed by atoms with Crippen LogP contribution in [0, 0.1) is 0 Å². The number of nitrogens with zero attached hydrogens (tertiary/aromatic N) is 4. The lowest BCUT2D eigenvalue weighted by molar-refractivity contribution is -0.301. The lowest BCUT2D eigenvalue weighted by Crippen LogP contribution is -2.71. The Morgan fingerprint density at radius 2 is 2.12 bits per heavy atom. The van der Waals surface area contributed by atoms with Gasteiger partial charge >= 0.3 is 5.97 Å². The van der Waals surface area contributed by atoms with Crippen molar-refractivity contribution < 1.29 is 34.2 Å². The van der Waals surface area contributed by atoms with Gasteiger partial charge in [0.05, 0.1) is 11.7 Å². The number of nitrogens with two attached hydrogens (primary N) is 1. The smallest absolute Gasteiger partial charge is 0.350 e. The molecule has 3 heterocycles. The SMILES string of the molecule is CCC1=C(C(=O)[O-])N2C(=O)C(NC(=O)/C(=N/OC(C)(C)C(=O)O)c3nsc(N)n3)C2SC1. The number of carboxylic acids is 2. The van der Waals surface area contributed by atoms with E-state index in [0.29, 0.717) is 17.7 Å². The molecule has 2 unspecified atom stereocenters. The van der Waals surface area contributed by atoms with E-state index in [1.807, 2.05) is 0 Å². The number of oxime groups is 1. The summed E-state index contributed by atoms with van der Waals surface area (Å²) >= 11 is 2.08. The first-order chi connectivity index (χ1) is 15.0. The molecule has 0 radical (unpaired) electrons. The number of nitrogen functional groups attached to an aromatic ring is 1. The van der Waals surface area contributed by atoms with Gasteiger partial charge in [0.25, 0.3) is 11.8 Å². The summed E-state index contributed by atoms with van der Waals surface area (Å²) in [6, 6.07) is -1.05. The number of hydrogen-bond acceptors (Lipinski definition) is 12. The highest BCUT2D eigenvalue weighted by molar-refractivity contribution is 8.00. The lowest BCUT2D eigenvalue weighted by Gasteiger charge is -2.50. The molecule has 0 aliphatic carbocycles. The van der Waals surface area contributed by atoms with E-state index in [4.69, 9.17) is 10.6 Å². The van der Waals surface area contributed by atoms with Gasteiger partial charge in [0.1, 0.15) is 11.4 Å². The molecule has 3 rings (SSSR count). The molecule has 15 heteroatoms. The van der Waals surface area contributed by atoms with E-state index in [-0.39, 0.29) is 16.7 Å². The summed E-state index contributed by atoms with van der Waals surface area (Å²) < 4.78 is 3.88. The van der Waals surface area contributed by atoms with E-state index < -0.39 is 46.5 Å². The van der Waals surface area contributed by atoms with Gasteiger partial charge in [0.2, 0.25) is 17.1 Å². The minimum absolute atomic E-state index is 0.0301. The van der Waals surface area contributed by atoms with Crippen molar-refractivity contribution in [3.05, 3.63) is 17.1 Å². The number of rotatable bonds is 8. The number of amides is 2. The quantitative estimate of drug-likeness (QED) is 0.221. The van der Waals surface area contributed by atoms with Gasteiger partial charge in [0.15, 0.2) is 5.13 Å². The highest BCUT2D eigenvalue weighted by Gasteiger charge is 2.53. The van der Waals surface area contributed by atoms with Gasteiger partial charge in [-0.1, -0.05) is 12.1 Å². The number of nitrogens with one attached hydrogen (secondary N) is 1. The molecule has 2 amide bonds. The molecule has 1 fully saturated rings. The molecular weight excluding hydrogens is 464 g/mol. The minimum Gasteiger partial charge on any atom is -0.543 e. The second kappa shape index (κ2) is 8.74. The first kappa shape index (κ1) is 23.5. The number of aliphatic carboxylic acids is 2. The number of β-lactam (4-membered cyclic amide) rings is 1. The summed E-state index contributed by atoms with van der Waals surface area (Å²) in [5.74, 6) is -4.18. The van der Waals surface area contributed by atoms with Crippen LogP contribution in [0.25, 0.3) is 0 Å². The fourth-order valence-corrected chi connectivity index (χ4v) is 4.75. The second-order valence-corrected chi connectivity index (χ2v) is 9.15. The molecule has 172 valence electrons.